The molecule has 0 bridgehead atoms. The molecule has 148 valence electrons. The van der Waals surface area contributed by atoms with Gasteiger partial charge in [-0.05, 0) is 54.8 Å². The molecule has 9 heteroatoms. The van der Waals surface area contributed by atoms with Crippen molar-refractivity contribution in [2.24, 2.45) is 0 Å². The third-order valence-corrected chi connectivity index (χ3v) is 4.82. The minimum absolute atomic E-state index is 0.113. The van der Waals surface area contributed by atoms with Crippen LogP contribution in [0.15, 0.2) is 57.2 Å². The van der Waals surface area contributed by atoms with E-state index in [0.29, 0.717) is 17.1 Å². The maximum atomic E-state index is 12.7. The van der Waals surface area contributed by atoms with Gasteiger partial charge in [-0.25, -0.2) is 4.79 Å². The Labute approximate surface area is 174 Å². The fourth-order valence-electron chi connectivity index (χ4n) is 2.20. The number of amides is 2. The molecule has 0 spiro atoms. The molecule has 7 nitrogen and oxygen atoms in total. The van der Waals surface area contributed by atoms with Crippen LogP contribution in [0, 0.1) is 0 Å². The molecule has 0 aliphatic rings. The van der Waals surface area contributed by atoms with E-state index < -0.39 is 23.8 Å². The van der Waals surface area contributed by atoms with E-state index >= 15 is 0 Å². The first-order valence-corrected chi connectivity index (χ1v) is 10.4. The lowest BCUT2D eigenvalue weighted by molar-refractivity contribution is -0.141. The summed E-state index contributed by atoms with van der Waals surface area (Å²) < 4.78 is 6.01. The minimum atomic E-state index is -1.14. The zero-order chi connectivity index (χ0) is 20.5. The molecule has 1 heterocycles. The van der Waals surface area contributed by atoms with E-state index in [1.165, 1.54) is 24.1 Å². The average Bonchev–Trinajstić information content (AvgIpc) is 3.17. The minimum Gasteiger partial charge on any atom is -0.480 e. The average molecular weight is 467 g/mol. The van der Waals surface area contributed by atoms with Crippen LogP contribution in [0.3, 0.4) is 0 Å². The molecule has 0 aliphatic carbocycles. The summed E-state index contributed by atoms with van der Waals surface area (Å²) in [6.07, 6.45) is 4.88. The van der Waals surface area contributed by atoms with Gasteiger partial charge in [0.05, 0.1) is 6.26 Å². The molecule has 2 amide bonds. The number of furan rings is 1. The Bertz CT molecular complexity index is 850. The van der Waals surface area contributed by atoms with Gasteiger partial charge in [0.1, 0.15) is 17.5 Å². The van der Waals surface area contributed by atoms with Gasteiger partial charge in [-0.1, -0.05) is 15.9 Å². The van der Waals surface area contributed by atoms with E-state index in [0.717, 1.165) is 4.47 Å². The Hall–Kier alpha value is -2.52. The van der Waals surface area contributed by atoms with Gasteiger partial charge < -0.3 is 20.2 Å². The number of benzene rings is 1. The largest absolute Gasteiger partial charge is 0.480 e. The van der Waals surface area contributed by atoms with Crippen LogP contribution in [-0.2, 0) is 9.59 Å². The summed E-state index contributed by atoms with van der Waals surface area (Å²) in [6, 6.07) is 8.78. The Morgan fingerprint density at radius 2 is 1.96 bits per heavy atom. The van der Waals surface area contributed by atoms with E-state index in [-0.39, 0.29) is 12.1 Å². The highest BCUT2D eigenvalue weighted by Gasteiger charge is 2.23. The fourth-order valence-corrected chi connectivity index (χ4v) is 2.93. The Morgan fingerprint density at radius 3 is 2.54 bits per heavy atom. The molecule has 3 N–H and O–H groups in total. The SMILES string of the molecule is CSCC[C@H](NC(=O)/C(=C/c1ccco1)NC(=O)c1ccc(Br)cc1)C(=O)O. The molecular weight excluding hydrogens is 448 g/mol. The maximum Gasteiger partial charge on any atom is 0.326 e. The predicted octanol–water partition coefficient (Wildman–Crippen LogP) is 3.14. The zero-order valence-electron chi connectivity index (χ0n) is 15.0. The number of halogens is 1. The summed E-state index contributed by atoms with van der Waals surface area (Å²) in [4.78, 5) is 36.6. The highest BCUT2D eigenvalue weighted by Crippen LogP contribution is 2.12. The number of hydrogen-bond acceptors (Lipinski definition) is 5. The van der Waals surface area contributed by atoms with Crippen molar-refractivity contribution in [2.45, 2.75) is 12.5 Å². The second kappa shape index (κ2) is 10.7. The van der Waals surface area contributed by atoms with E-state index in [9.17, 15) is 19.5 Å². The van der Waals surface area contributed by atoms with E-state index in [4.69, 9.17) is 4.42 Å². The number of hydrogen-bond donors (Lipinski definition) is 3. The number of carbonyl (C=O) groups excluding carboxylic acids is 2. The normalized spacial score (nSPS) is 12.3. The van der Waals surface area contributed by atoms with Crippen LogP contribution < -0.4 is 10.6 Å². The summed E-state index contributed by atoms with van der Waals surface area (Å²) in [5.74, 6) is -1.44. The fraction of sp³-hybridized carbons (Fsp3) is 0.211. The van der Waals surface area contributed by atoms with Gasteiger partial charge in [0, 0.05) is 16.1 Å². The first-order chi connectivity index (χ1) is 13.4. The second-order valence-electron chi connectivity index (χ2n) is 5.68. The van der Waals surface area contributed by atoms with Crippen molar-refractivity contribution in [3.8, 4) is 0 Å². The van der Waals surface area contributed by atoms with Gasteiger partial charge in [-0.2, -0.15) is 11.8 Å². The van der Waals surface area contributed by atoms with Gasteiger partial charge >= 0.3 is 5.97 Å². The smallest absolute Gasteiger partial charge is 0.326 e. The van der Waals surface area contributed by atoms with Crippen molar-refractivity contribution in [3.63, 3.8) is 0 Å². The van der Waals surface area contributed by atoms with Crippen LogP contribution in [0.25, 0.3) is 6.08 Å². The van der Waals surface area contributed by atoms with Gasteiger partial charge in [0.15, 0.2) is 0 Å². The zero-order valence-corrected chi connectivity index (χ0v) is 17.4. The van der Waals surface area contributed by atoms with Crippen LogP contribution in [-0.4, -0.2) is 40.9 Å². The summed E-state index contributed by atoms with van der Waals surface area (Å²) in [5.41, 5.74) is 0.233. The first kappa shape index (κ1) is 21.8. The lowest BCUT2D eigenvalue weighted by Gasteiger charge is -2.16. The second-order valence-corrected chi connectivity index (χ2v) is 7.58. The Morgan fingerprint density at radius 1 is 1.25 bits per heavy atom. The molecule has 1 aromatic carbocycles. The lowest BCUT2D eigenvalue weighted by Crippen LogP contribution is -2.44. The summed E-state index contributed by atoms with van der Waals surface area (Å²) in [5, 5.41) is 14.3. The van der Waals surface area contributed by atoms with Crippen LogP contribution >= 0.6 is 27.7 Å². The van der Waals surface area contributed by atoms with E-state index in [2.05, 4.69) is 26.6 Å². The van der Waals surface area contributed by atoms with Crippen LogP contribution in [0.2, 0.25) is 0 Å². The maximum absolute atomic E-state index is 12.7. The third-order valence-electron chi connectivity index (χ3n) is 3.64. The summed E-state index contributed by atoms with van der Waals surface area (Å²) in [7, 11) is 0. The van der Waals surface area contributed by atoms with Crippen molar-refractivity contribution >= 4 is 51.6 Å². The lowest BCUT2D eigenvalue weighted by atomic mass is 10.2. The highest BCUT2D eigenvalue weighted by atomic mass is 79.9. The Kier molecular flexibility index (Phi) is 8.34. The van der Waals surface area contributed by atoms with E-state index in [1.807, 2.05) is 6.26 Å². The number of carboxylic acid groups (broad SMARTS) is 1. The van der Waals surface area contributed by atoms with Crippen LogP contribution in [0.1, 0.15) is 22.5 Å². The van der Waals surface area contributed by atoms with Gasteiger partial charge in [0.25, 0.3) is 11.8 Å². The monoisotopic (exact) mass is 466 g/mol. The van der Waals surface area contributed by atoms with Crippen molar-refractivity contribution in [1.29, 1.82) is 0 Å². The molecule has 0 radical (unpaired) electrons. The molecule has 0 saturated carbocycles. The molecule has 2 aromatic rings. The summed E-state index contributed by atoms with van der Waals surface area (Å²) in [6.45, 7) is 0. The number of thioether (sulfide) groups is 1. The number of rotatable bonds is 9. The topological polar surface area (TPSA) is 109 Å². The number of carboxylic acids is 1. The van der Waals surface area contributed by atoms with Crippen molar-refractivity contribution in [2.75, 3.05) is 12.0 Å². The van der Waals surface area contributed by atoms with Crippen LogP contribution in [0.4, 0.5) is 0 Å². The number of aliphatic carboxylic acids is 1. The van der Waals surface area contributed by atoms with Gasteiger partial charge in [-0.15, -0.1) is 0 Å². The molecule has 0 unspecified atom stereocenters. The number of carbonyl (C=O) groups is 3. The molecule has 1 atom stereocenters. The third kappa shape index (κ3) is 6.58. The van der Waals surface area contributed by atoms with Crippen molar-refractivity contribution in [1.82, 2.24) is 10.6 Å². The molecule has 0 fully saturated rings. The predicted molar refractivity (Wildman–Crippen MR) is 111 cm³/mol. The molecule has 0 aliphatic heterocycles. The standard InChI is InChI=1S/C19H19BrN2O5S/c1-28-10-8-15(19(25)26)21-18(24)16(11-14-3-2-9-27-14)22-17(23)12-4-6-13(20)7-5-12/h2-7,9,11,15H,8,10H2,1H3,(H,21,24)(H,22,23)(H,25,26)/b16-11-/t15-/m0/s1. The molecule has 1 aromatic heterocycles. The molecular formula is C19H19BrN2O5S. The van der Waals surface area contributed by atoms with E-state index in [1.54, 1.807) is 36.4 Å². The number of nitrogens with one attached hydrogen (secondary N) is 2. The summed E-state index contributed by atoms with van der Waals surface area (Å²) >= 11 is 4.77. The van der Waals surface area contributed by atoms with Crippen LogP contribution in [0.5, 0.6) is 0 Å². The van der Waals surface area contributed by atoms with Gasteiger partial charge in [0.2, 0.25) is 0 Å². The first-order valence-electron chi connectivity index (χ1n) is 8.25. The molecule has 2 rings (SSSR count). The van der Waals surface area contributed by atoms with Crippen molar-refractivity contribution in [3.05, 3.63) is 64.2 Å². The van der Waals surface area contributed by atoms with Crippen molar-refractivity contribution < 1.29 is 23.9 Å². The quantitative estimate of drug-likeness (QED) is 0.489. The molecule has 0 saturated heterocycles. The Balaban J connectivity index is 2.21. The highest BCUT2D eigenvalue weighted by molar-refractivity contribution is 9.10. The molecule has 28 heavy (non-hydrogen) atoms. The van der Waals surface area contributed by atoms with Gasteiger partial charge in [-0.3, -0.25) is 9.59 Å².